The van der Waals surface area contributed by atoms with E-state index in [1.165, 1.54) is 12.1 Å². The fourth-order valence-corrected chi connectivity index (χ4v) is 2.68. The Morgan fingerprint density at radius 3 is 2.68 bits per heavy atom. The lowest BCUT2D eigenvalue weighted by Gasteiger charge is -2.36. The Morgan fingerprint density at radius 2 is 2.00 bits per heavy atom. The van der Waals surface area contributed by atoms with Crippen LogP contribution in [0.15, 0.2) is 42.9 Å². The number of nitrogens with zero attached hydrogens (tertiary/aromatic N) is 4. The predicted molar refractivity (Wildman–Crippen MR) is 82.0 cm³/mol. The van der Waals surface area contributed by atoms with Gasteiger partial charge in [-0.2, -0.15) is 0 Å². The van der Waals surface area contributed by atoms with Gasteiger partial charge in [0.1, 0.15) is 11.6 Å². The topological polar surface area (TPSA) is 52.5 Å². The van der Waals surface area contributed by atoms with Gasteiger partial charge in [-0.05, 0) is 17.7 Å². The third kappa shape index (κ3) is 3.58. The highest BCUT2D eigenvalue weighted by molar-refractivity contribution is 5.35. The molecule has 6 heteroatoms. The maximum Gasteiger partial charge on any atom is 0.147 e. The number of halogens is 1. The molecule has 0 saturated carbocycles. The smallest absolute Gasteiger partial charge is 0.147 e. The molecule has 1 saturated heterocycles. The Morgan fingerprint density at radius 1 is 1.18 bits per heavy atom. The van der Waals surface area contributed by atoms with E-state index in [9.17, 15) is 9.50 Å². The maximum atomic E-state index is 13.2. The van der Waals surface area contributed by atoms with Gasteiger partial charge in [-0.25, -0.2) is 9.37 Å². The standard InChI is InChI=1S/C16H19FN4O/c17-14-3-1-2-13(10-14)15(22)12-20-6-8-21(9-7-20)16-11-18-4-5-19-16/h1-5,10-11,15,22H,6-9,12H2. The Labute approximate surface area is 129 Å². The summed E-state index contributed by atoms with van der Waals surface area (Å²) in [4.78, 5) is 12.7. The number of aliphatic hydroxyl groups is 1. The fourth-order valence-electron chi connectivity index (χ4n) is 2.68. The molecular weight excluding hydrogens is 283 g/mol. The van der Waals surface area contributed by atoms with E-state index >= 15 is 0 Å². The van der Waals surface area contributed by atoms with E-state index in [0.29, 0.717) is 12.1 Å². The van der Waals surface area contributed by atoms with Crippen LogP contribution in [-0.4, -0.2) is 52.7 Å². The number of hydrogen-bond acceptors (Lipinski definition) is 5. The third-order valence-electron chi connectivity index (χ3n) is 3.91. The van der Waals surface area contributed by atoms with Gasteiger partial charge in [0.2, 0.25) is 0 Å². The first kappa shape index (κ1) is 14.9. The molecule has 0 amide bonds. The molecule has 5 nitrogen and oxygen atoms in total. The van der Waals surface area contributed by atoms with Gasteiger partial charge in [-0.1, -0.05) is 12.1 Å². The molecule has 0 bridgehead atoms. The number of benzene rings is 1. The molecule has 1 N–H and O–H groups in total. The van der Waals surface area contributed by atoms with Crippen molar-refractivity contribution in [1.29, 1.82) is 0 Å². The van der Waals surface area contributed by atoms with Crippen molar-refractivity contribution in [3.8, 4) is 0 Å². The van der Waals surface area contributed by atoms with Gasteiger partial charge in [0.15, 0.2) is 0 Å². The summed E-state index contributed by atoms with van der Waals surface area (Å²) in [6, 6.07) is 6.15. The van der Waals surface area contributed by atoms with Crippen LogP contribution >= 0.6 is 0 Å². The van der Waals surface area contributed by atoms with Crippen LogP contribution in [0.25, 0.3) is 0 Å². The first-order valence-corrected chi connectivity index (χ1v) is 7.39. The van der Waals surface area contributed by atoms with Crippen LogP contribution in [0.5, 0.6) is 0 Å². The number of rotatable bonds is 4. The first-order valence-electron chi connectivity index (χ1n) is 7.39. The van der Waals surface area contributed by atoms with Gasteiger partial charge in [-0.15, -0.1) is 0 Å². The summed E-state index contributed by atoms with van der Waals surface area (Å²) < 4.78 is 13.2. The number of anilines is 1. The van der Waals surface area contributed by atoms with Gasteiger partial charge < -0.3 is 10.0 Å². The van der Waals surface area contributed by atoms with Crippen LogP contribution < -0.4 is 4.90 Å². The van der Waals surface area contributed by atoms with Crippen LogP contribution in [-0.2, 0) is 0 Å². The van der Waals surface area contributed by atoms with Crippen LogP contribution in [0.2, 0.25) is 0 Å². The second-order valence-corrected chi connectivity index (χ2v) is 5.42. The predicted octanol–water partition coefficient (Wildman–Crippen LogP) is 1.47. The number of piperazine rings is 1. The number of hydrogen-bond donors (Lipinski definition) is 1. The Bertz CT molecular complexity index is 602. The molecule has 0 radical (unpaired) electrons. The van der Waals surface area contributed by atoms with Crippen molar-refractivity contribution in [2.45, 2.75) is 6.10 Å². The molecule has 1 aromatic carbocycles. The Hall–Kier alpha value is -2.05. The lowest BCUT2D eigenvalue weighted by Crippen LogP contribution is -2.47. The summed E-state index contributed by atoms with van der Waals surface area (Å²) in [6.07, 6.45) is 4.45. The van der Waals surface area contributed by atoms with Crippen molar-refractivity contribution < 1.29 is 9.50 Å². The lowest BCUT2D eigenvalue weighted by molar-refractivity contribution is 0.109. The van der Waals surface area contributed by atoms with E-state index < -0.39 is 6.10 Å². The monoisotopic (exact) mass is 302 g/mol. The van der Waals surface area contributed by atoms with Crippen LogP contribution in [0.3, 0.4) is 0 Å². The van der Waals surface area contributed by atoms with Crippen molar-refractivity contribution in [1.82, 2.24) is 14.9 Å². The van der Waals surface area contributed by atoms with Gasteiger partial charge in [0.05, 0.1) is 12.3 Å². The molecule has 2 heterocycles. The maximum absolute atomic E-state index is 13.2. The first-order chi connectivity index (χ1) is 10.7. The summed E-state index contributed by atoms with van der Waals surface area (Å²) in [5.74, 6) is 0.567. The quantitative estimate of drug-likeness (QED) is 0.927. The Balaban J connectivity index is 1.54. The second-order valence-electron chi connectivity index (χ2n) is 5.42. The highest BCUT2D eigenvalue weighted by Gasteiger charge is 2.20. The number of β-amino-alcohol motifs (C(OH)–C–C–N with tert-alkyl or cyclic N) is 1. The number of aliphatic hydroxyl groups excluding tert-OH is 1. The summed E-state index contributed by atoms with van der Waals surface area (Å²) in [7, 11) is 0. The molecule has 0 aliphatic carbocycles. The van der Waals surface area contributed by atoms with E-state index in [0.717, 1.165) is 32.0 Å². The third-order valence-corrected chi connectivity index (χ3v) is 3.91. The molecule has 0 spiro atoms. The zero-order valence-corrected chi connectivity index (χ0v) is 12.3. The van der Waals surface area contributed by atoms with Crippen molar-refractivity contribution in [3.63, 3.8) is 0 Å². The minimum absolute atomic E-state index is 0.316. The molecule has 1 aliphatic rings. The second kappa shape index (κ2) is 6.81. The molecule has 1 fully saturated rings. The van der Waals surface area contributed by atoms with E-state index in [-0.39, 0.29) is 5.82 Å². The average molecular weight is 302 g/mol. The minimum Gasteiger partial charge on any atom is -0.387 e. The molecule has 1 atom stereocenters. The molecular formula is C16H19FN4O. The summed E-state index contributed by atoms with van der Waals surface area (Å²) >= 11 is 0. The van der Waals surface area contributed by atoms with Crippen molar-refractivity contribution >= 4 is 5.82 Å². The van der Waals surface area contributed by atoms with Crippen molar-refractivity contribution in [2.24, 2.45) is 0 Å². The van der Waals surface area contributed by atoms with E-state index in [4.69, 9.17) is 0 Å². The molecule has 22 heavy (non-hydrogen) atoms. The average Bonchev–Trinajstić information content (AvgIpc) is 2.56. The van der Waals surface area contributed by atoms with E-state index in [1.54, 1.807) is 30.7 Å². The SMILES string of the molecule is OC(CN1CCN(c2cnccn2)CC1)c1cccc(F)c1. The van der Waals surface area contributed by atoms with Gasteiger partial charge >= 0.3 is 0 Å². The molecule has 2 aromatic rings. The van der Waals surface area contributed by atoms with Gasteiger partial charge in [0.25, 0.3) is 0 Å². The summed E-state index contributed by atoms with van der Waals surface area (Å²) in [6.45, 7) is 3.87. The molecule has 116 valence electrons. The normalized spacial score (nSPS) is 17.5. The van der Waals surface area contributed by atoms with E-state index in [1.807, 2.05) is 0 Å². The molecule has 1 aromatic heterocycles. The highest BCUT2D eigenvalue weighted by Crippen LogP contribution is 2.17. The van der Waals surface area contributed by atoms with E-state index in [2.05, 4.69) is 19.8 Å². The summed E-state index contributed by atoms with van der Waals surface area (Å²) in [5, 5.41) is 10.2. The molecule has 1 unspecified atom stereocenters. The van der Waals surface area contributed by atoms with Crippen LogP contribution in [0, 0.1) is 5.82 Å². The highest BCUT2D eigenvalue weighted by atomic mass is 19.1. The van der Waals surface area contributed by atoms with Gasteiger partial charge in [-0.3, -0.25) is 9.88 Å². The largest absolute Gasteiger partial charge is 0.387 e. The lowest BCUT2D eigenvalue weighted by atomic mass is 10.1. The van der Waals surface area contributed by atoms with Crippen LogP contribution in [0.4, 0.5) is 10.2 Å². The molecule has 1 aliphatic heterocycles. The van der Waals surface area contributed by atoms with Gasteiger partial charge in [0, 0.05) is 45.1 Å². The zero-order valence-electron chi connectivity index (χ0n) is 12.3. The van der Waals surface area contributed by atoms with Crippen molar-refractivity contribution in [3.05, 3.63) is 54.2 Å². The molecule has 3 rings (SSSR count). The number of aromatic nitrogens is 2. The Kier molecular flexibility index (Phi) is 4.60. The van der Waals surface area contributed by atoms with Crippen LogP contribution in [0.1, 0.15) is 11.7 Å². The van der Waals surface area contributed by atoms with Crippen molar-refractivity contribution in [2.75, 3.05) is 37.6 Å². The summed E-state index contributed by atoms with van der Waals surface area (Å²) in [5.41, 5.74) is 0.622. The zero-order chi connectivity index (χ0) is 15.4. The minimum atomic E-state index is -0.668. The fraction of sp³-hybridized carbons (Fsp3) is 0.375.